The van der Waals surface area contributed by atoms with Crippen molar-refractivity contribution in [3.63, 3.8) is 0 Å². The van der Waals surface area contributed by atoms with Gasteiger partial charge in [-0.1, -0.05) is 46.8 Å². The van der Waals surface area contributed by atoms with E-state index in [-0.39, 0.29) is 5.41 Å². The Labute approximate surface area is 110 Å². The van der Waals surface area contributed by atoms with E-state index in [0.29, 0.717) is 18.6 Å². The van der Waals surface area contributed by atoms with Crippen LogP contribution in [-0.2, 0) is 10.2 Å². The minimum atomic E-state index is 0.192. The summed E-state index contributed by atoms with van der Waals surface area (Å²) < 4.78 is 5.69. The third-order valence-corrected chi connectivity index (χ3v) is 3.44. The average Bonchev–Trinajstić information content (AvgIpc) is 2.77. The summed E-state index contributed by atoms with van der Waals surface area (Å²) in [7, 11) is 0. The second kappa shape index (κ2) is 4.75. The maximum Gasteiger partial charge on any atom is 0.216 e. The molecule has 1 atom stereocenters. The van der Waals surface area contributed by atoms with E-state index in [0.717, 1.165) is 11.5 Å². The first-order chi connectivity index (χ1) is 8.38. The molecular weight excluding hydrogens is 222 g/mol. The second-order valence-electron chi connectivity index (χ2n) is 6.38. The van der Waals surface area contributed by atoms with Crippen molar-refractivity contribution in [2.45, 2.75) is 46.1 Å². The summed E-state index contributed by atoms with van der Waals surface area (Å²) in [6, 6.07) is 8.88. The van der Waals surface area contributed by atoms with E-state index >= 15 is 0 Å². The van der Waals surface area contributed by atoms with Crippen LogP contribution in [0.3, 0.4) is 0 Å². The highest BCUT2D eigenvalue weighted by atomic mass is 16.5. The second-order valence-corrected chi connectivity index (χ2v) is 6.38. The fourth-order valence-corrected chi connectivity index (χ4v) is 2.00. The molecule has 0 bridgehead atoms. The summed E-state index contributed by atoms with van der Waals surface area (Å²) in [6.07, 6.45) is 0. The highest BCUT2D eigenvalue weighted by molar-refractivity contribution is 5.95. The topological polar surface area (TPSA) is 21.6 Å². The van der Waals surface area contributed by atoms with Gasteiger partial charge in [-0.05, 0) is 29.0 Å². The predicted molar refractivity (Wildman–Crippen MR) is 76.3 cm³/mol. The molecule has 2 nitrogen and oxygen atoms in total. The van der Waals surface area contributed by atoms with Gasteiger partial charge in [-0.3, -0.25) is 0 Å². The van der Waals surface area contributed by atoms with Crippen LogP contribution in [0.5, 0.6) is 0 Å². The van der Waals surface area contributed by atoms with Crippen LogP contribution in [0.4, 0.5) is 0 Å². The zero-order valence-corrected chi connectivity index (χ0v) is 12.0. The molecule has 0 N–H and O–H groups in total. The van der Waals surface area contributed by atoms with Crippen molar-refractivity contribution >= 4 is 5.90 Å². The minimum Gasteiger partial charge on any atom is -0.475 e. The summed E-state index contributed by atoms with van der Waals surface area (Å²) in [6.45, 7) is 11.8. The van der Waals surface area contributed by atoms with Gasteiger partial charge >= 0.3 is 0 Å². The van der Waals surface area contributed by atoms with Crippen LogP contribution >= 0.6 is 0 Å². The van der Waals surface area contributed by atoms with Crippen LogP contribution in [0, 0.1) is 5.92 Å². The van der Waals surface area contributed by atoms with E-state index in [1.54, 1.807) is 0 Å². The van der Waals surface area contributed by atoms with Crippen LogP contribution in [0.15, 0.2) is 29.3 Å². The Bertz CT molecular complexity index is 437. The first kappa shape index (κ1) is 13.1. The normalized spacial score (nSPS) is 19.9. The molecule has 0 aromatic heterocycles. The van der Waals surface area contributed by atoms with Crippen LogP contribution in [0.25, 0.3) is 0 Å². The molecule has 1 heterocycles. The number of nitrogens with zero attached hydrogens (tertiary/aromatic N) is 1. The molecule has 18 heavy (non-hydrogen) atoms. The molecule has 98 valence electrons. The lowest BCUT2D eigenvalue weighted by molar-refractivity contribution is 0.292. The SMILES string of the molecule is CC(C)[C@@H]1COC(c2ccc(C(C)(C)C)cc2)=N1. The quantitative estimate of drug-likeness (QED) is 0.777. The molecule has 1 aliphatic rings. The fraction of sp³-hybridized carbons (Fsp3) is 0.562. The van der Waals surface area contributed by atoms with Crippen LogP contribution in [0.2, 0.25) is 0 Å². The monoisotopic (exact) mass is 245 g/mol. The molecule has 0 saturated carbocycles. The van der Waals surface area contributed by atoms with Crippen molar-refractivity contribution < 1.29 is 4.74 Å². The molecule has 2 rings (SSSR count). The lowest BCUT2D eigenvalue weighted by Crippen LogP contribution is -2.13. The van der Waals surface area contributed by atoms with Gasteiger partial charge in [0.1, 0.15) is 6.61 Å². The standard InChI is InChI=1S/C16H23NO/c1-11(2)14-10-18-15(17-14)12-6-8-13(9-7-12)16(3,4)5/h6-9,11,14H,10H2,1-5H3/t14-/m0/s1. The average molecular weight is 245 g/mol. The molecular formula is C16H23NO. The molecule has 1 aromatic rings. The fourth-order valence-electron chi connectivity index (χ4n) is 2.00. The molecule has 0 radical (unpaired) electrons. The molecule has 0 spiro atoms. The van der Waals surface area contributed by atoms with Gasteiger partial charge in [-0.15, -0.1) is 0 Å². The molecule has 0 amide bonds. The maximum atomic E-state index is 5.69. The predicted octanol–water partition coefficient (Wildman–Crippen LogP) is 3.79. The Balaban J connectivity index is 2.19. The first-order valence-corrected chi connectivity index (χ1v) is 6.69. The Kier molecular flexibility index (Phi) is 3.47. The van der Waals surface area contributed by atoms with E-state index in [9.17, 15) is 0 Å². The zero-order valence-electron chi connectivity index (χ0n) is 12.0. The Morgan fingerprint density at radius 3 is 2.22 bits per heavy atom. The van der Waals surface area contributed by atoms with Gasteiger partial charge in [0.25, 0.3) is 0 Å². The summed E-state index contributed by atoms with van der Waals surface area (Å²) in [5.74, 6) is 1.34. The van der Waals surface area contributed by atoms with Crippen molar-refractivity contribution in [2.24, 2.45) is 10.9 Å². The molecule has 0 unspecified atom stereocenters. The molecule has 0 fully saturated rings. The third-order valence-electron chi connectivity index (χ3n) is 3.44. The van der Waals surface area contributed by atoms with E-state index in [1.165, 1.54) is 5.56 Å². The molecule has 0 aliphatic carbocycles. The van der Waals surface area contributed by atoms with Gasteiger partial charge in [-0.25, -0.2) is 4.99 Å². The van der Waals surface area contributed by atoms with Crippen molar-refractivity contribution in [2.75, 3.05) is 6.61 Å². The lowest BCUT2D eigenvalue weighted by Gasteiger charge is -2.19. The Morgan fingerprint density at radius 2 is 1.78 bits per heavy atom. The lowest BCUT2D eigenvalue weighted by atomic mass is 9.87. The van der Waals surface area contributed by atoms with Gasteiger partial charge in [0.2, 0.25) is 5.90 Å². The van der Waals surface area contributed by atoms with Gasteiger partial charge in [-0.2, -0.15) is 0 Å². The minimum absolute atomic E-state index is 0.192. The van der Waals surface area contributed by atoms with Gasteiger partial charge in [0.05, 0.1) is 6.04 Å². The Hall–Kier alpha value is -1.31. The first-order valence-electron chi connectivity index (χ1n) is 6.69. The van der Waals surface area contributed by atoms with Crippen molar-refractivity contribution in [3.05, 3.63) is 35.4 Å². The van der Waals surface area contributed by atoms with Gasteiger partial charge in [0, 0.05) is 5.56 Å². The molecule has 1 aromatic carbocycles. The number of benzene rings is 1. The highest BCUT2D eigenvalue weighted by Crippen LogP contribution is 2.23. The molecule has 2 heteroatoms. The third kappa shape index (κ3) is 2.74. The largest absolute Gasteiger partial charge is 0.475 e. The number of hydrogen-bond acceptors (Lipinski definition) is 2. The number of rotatable bonds is 2. The number of aliphatic imine (C=N–C) groups is 1. The molecule has 0 saturated heterocycles. The maximum absolute atomic E-state index is 5.69. The summed E-state index contributed by atoms with van der Waals surface area (Å²) in [5, 5.41) is 0. The van der Waals surface area contributed by atoms with Crippen molar-refractivity contribution in [3.8, 4) is 0 Å². The van der Waals surface area contributed by atoms with E-state index in [4.69, 9.17) is 4.74 Å². The number of hydrogen-bond donors (Lipinski definition) is 0. The van der Waals surface area contributed by atoms with Crippen LogP contribution < -0.4 is 0 Å². The summed E-state index contributed by atoms with van der Waals surface area (Å²) >= 11 is 0. The molecule has 1 aliphatic heterocycles. The van der Waals surface area contributed by atoms with Gasteiger partial charge < -0.3 is 4.74 Å². The van der Waals surface area contributed by atoms with Gasteiger partial charge in [0.15, 0.2) is 0 Å². The van der Waals surface area contributed by atoms with E-state index in [1.807, 2.05) is 0 Å². The van der Waals surface area contributed by atoms with Crippen molar-refractivity contribution in [1.29, 1.82) is 0 Å². The number of ether oxygens (including phenoxy) is 1. The van der Waals surface area contributed by atoms with Crippen LogP contribution in [-0.4, -0.2) is 18.5 Å². The zero-order chi connectivity index (χ0) is 13.3. The summed E-state index contributed by atoms with van der Waals surface area (Å²) in [4.78, 5) is 4.64. The summed E-state index contributed by atoms with van der Waals surface area (Å²) in [5.41, 5.74) is 2.62. The van der Waals surface area contributed by atoms with Crippen LogP contribution in [0.1, 0.15) is 45.7 Å². The Morgan fingerprint density at radius 1 is 1.17 bits per heavy atom. The highest BCUT2D eigenvalue weighted by Gasteiger charge is 2.23. The van der Waals surface area contributed by atoms with E-state index < -0.39 is 0 Å². The van der Waals surface area contributed by atoms with E-state index in [2.05, 4.69) is 63.9 Å². The smallest absolute Gasteiger partial charge is 0.216 e. The van der Waals surface area contributed by atoms with Crippen molar-refractivity contribution in [1.82, 2.24) is 0 Å².